The van der Waals surface area contributed by atoms with Crippen LogP contribution >= 0.6 is 0 Å². The van der Waals surface area contributed by atoms with Gasteiger partial charge >= 0.3 is 6.09 Å². The first-order valence-electron chi connectivity index (χ1n) is 24.0. The van der Waals surface area contributed by atoms with Crippen LogP contribution in [0.1, 0.15) is 97.8 Å². The second-order valence-electron chi connectivity index (χ2n) is 17.1. The summed E-state index contributed by atoms with van der Waals surface area (Å²) in [7, 11) is 0. The van der Waals surface area contributed by atoms with E-state index >= 15 is 0 Å². The number of carbonyl (C=O) groups is 5. The molecule has 64 heavy (non-hydrogen) atoms. The highest BCUT2D eigenvalue weighted by Crippen LogP contribution is 2.12. The van der Waals surface area contributed by atoms with Crippen molar-refractivity contribution in [2.75, 3.05) is 158 Å². The SMILES string of the molecule is CC(C)(C)OC(=O)N1CCN(CCC(=O)NCCCOCCOCCOCCCNC(=O)CCCC(=O)NCCCOCCOCCOCCCNC(=O)CCN2CCCCC2)CC1. The second kappa shape index (κ2) is 38.0. The first kappa shape index (κ1) is 57.0. The van der Waals surface area contributed by atoms with Crippen LogP contribution in [0.3, 0.4) is 0 Å². The normalized spacial score (nSPS) is 14.9. The van der Waals surface area contributed by atoms with Gasteiger partial charge in [0.25, 0.3) is 0 Å². The number of rotatable bonds is 38. The van der Waals surface area contributed by atoms with Crippen molar-refractivity contribution >= 4 is 29.7 Å². The fourth-order valence-electron chi connectivity index (χ4n) is 6.64. The van der Waals surface area contributed by atoms with E-state index in [0.29, 0.717) is 176 Å². The van der Waals surface area contributed by atoms with E-state index in [0.717, 1.165) is 39.1 Å². The molecule has 0 saturated carbocycles. The smallest absolute Gasteiger partial charge is 0.410 e. The third kappa shape index (κ3) is 34.2. The zero-order valence-electron chi connectivity index (χ0n) is 39.7. The van der Waals surface area contributed by atoms with Crippen LogP contribution in [0.25, 0.3) is 0 Å². The number of piperazine rings is 1. The van der Waals surface area contributed by atoms with Crippen molar-refractivity contribution in [2.24, 2.45) is 0 Å². The van der Waals surface area contributed by atoms with E-state index in [1.807, 2.05) is 20.8 Å². The van der Waals surface area contributed by atoms with Crippen LogP contribution in [0.15, 0.2) is 0 Å². The number of amides is 5. The minimum atomic E-state index is -0.507. The predicted octanol–water partition coefficient (Wildman–Crippen LogP) is 2.10. The van der Waals surface area contributed by atoms with E-state index in [1.54, 1.807) is 4.90 Å². The summed E-state index contributed by atoms with van der Waals surface area (Å²) in [6, 6.07) is 0. The van der Waals surface area contributed by atoms with Gasteiger partial charge in [0, 0.05) is 118 Å². The molecular weight excluding hydrogens is 831 g/mol. The lowest BCUT2D eigenvalue weighted by atomic mass is 10.1. The summed E-state index contributed by atoms with van der Waals surface area (Å²) in [4.78, 5) is 66.8. The number of nitrogens with zero attached hydrogens (tertiary/aromatic N) is 3. The van der Waals surface area contributed by atoms with E-state index in [1.165, 1.54) is 19.3 Å². The first-order chi connectivity index (χ1) is 31.0. The molecule has 0 aliphatic carbocycles. The Hall–Kier alpha value is -3.17. The molecule has 0 aromatic rings. The molecule has 0 unspecified atom stereocenters. The van der Waals surface area contributed by atoms with Crippen LogP contribution in [0.5, 0.6) is 0 Å². The van der Waals surface area contributed by atoms with Crippen LogP contribution in [0.2, 0.25) is 0 Å². The van der Waals surface area contributed by atoms with Crippen LogP contribution in [-0.2, 0) is 52.3 Å². The Morgan fingerprint density at radius 1 is 0.406 bits per heavy atom. The van der Waals surface area contributed by atoms with Crippen molar-refractivity contribution in [3.05, 3.63) is 0 Å². The Labute approximate surface area is 383 Å². The molecule has 5 amide bonds. The minimum absolute atomic E-state index is 0.00902. The van der Waals surface area contributed by atoms with E-state index in [9.17, 15) is 24.0 Å². The highest BCUT2D eigenvalue weighted by atomic mass is 16.6. The third-order valence-electron chi connectivity index (χ3n) is 10.2. The Bertz CT molecular complexity index is 1230. The molecule has 19 heteroatoms. The lowest BCUT2D eigenvalue weighted by Gasteiger charge is -2.35. The molecule has 372 valence electrons. The summed E-state index contributed by atoms with van der Waals surface area (Å²) in [6.45, 7) is 20.1. The summed E-state index contributed by atoms with van der Waals surface area (Å²) in [5.74, 6) is -0.0401. The standard InChI is InChI=1S/C45H85N7O12/c1-45(2,3)64-44(57)52-26-24-51(25-27-52)23-15-43(56)49-19-11-31-61-35-39-63-37-33-59-29-9-17-47-41(54)13-7-12-40(53)46-16-8-28-58-32-36-62-38-34-60-30-10-18-48-42(55)14-22-50-20-5-4-6-21-50/h4-39H2,1-3H3,(H,46,53)(H,47,54)(H,48,55)(H,49,56). The van der Waals surface area contributed by atoms with Gasteiger partial charge in [-0.15, -0.1) is 0 Å². The molecule has 0 aromatic heterocycles. The monoisotopic (exact) mass is 916 g/mol. The van der Waals surface area contributed by atoms with E-state index < -0.39 is 5.60 Å². The van der Waals surface area contributed by atoms with Gasteiger partial charge in [0.2, 0.25) is 23.6 Å². The van der Waals surface area contributed by atoms with E-state index in [-0.39, 0.29) is 29.7 Å². The maximum absolute atomic E-state index is 12.2. The van der Waals surface area contributed by atoms with E-state index in [4.69, 9.17) is 33.2 Å². The largest absolute Gasteiger partial charge is 0.444 e. The summed E-state index contributed by atoms with van der Waals surface area (Å²) in [5, 5.41) is 11.6. The number of carbonyl (C=O) groups excluding carboxylic acids is 5. The minimum Gasteiger partial charge on any atom is -0.444 e. The molecule has 2 rings (SSSR count). The highest BCUT2D eigenvalue weighted by Gasteiger charge is 2.26. The Morgan fingerprint density at radius 2 is 0.734 bits per heavy atom. The zero-order chi connectivity index (χ0) is 46.4. The number of ether oxygens (including phenoxy) is 7. The maximum atomic E-state index is 12.2. The van der Waals surface area contributed by atoms with Gasteiger partial charge < -0.3 is 64.2 Å². The molecule has 0 bridgehead atoms. The zero-order valence-corrected chi connectivity index (χ0v) is 39.7. The molecule has 2 saturated heterocycles. The fourth-order valence-corrected chi connectivity index (χ4v) is 6.64. The van der Waals surface area contributed by atoms with Gasteiger partial charge in [-0.3, -0.25) is 24.1 Å². The number of likely N-dealkylation sites (tertiary alicyclic amines) is 1. The number of hydrogen-bond donors (Lipinski definition) is 4. The van der Waals surface area contributed by atoms with Crippen LogP contribution < -0.4 is 21.3 Å². The van der Waals surface area contributed by atoms with Crippen molar-refractivity contribution in [2.45, 2.75) is 103 Å². The summed E-state index contributed by atoms with van der Waals surface area (Å²) < 4.78 is 38.7. The average Bonchev–Trinajstić information content (AvgIpc) is 3.27. The van der Waals surface area contributed by atoms with Gasteiger partial charge in [0.1, 0.15) is 5.60 Å². The molecule has 2 aliphatic rings. The molecule has 19 nitrogen and oxygen atoms in total. The summed E-state index contributed by atoms with van der Waals surface area (Å²) in [6.07, 6.45) is 8.42. The molecule has 0 radical (unpaired) electrons. The number of piperidine rings is 1. The Kier molecular flexibility index (Phi) is 33.8. The van der Waals surface area contributed by atoms with Crippen molar-refractivity contribution < 1.29 is 57.1 Å². The summed E-state index contributed by atoms with van der Waals surface area (Å²) >= 11 is 0. The first-order valence-corrected chi connectivity index (χ1v) is 24.0. The average molecular weight is 916 g/mol. The van der Waals surface area contributed by atoms with Crippen molar-refractivity contribution in [1.82, 2.24) is 36.0 Å². The molecule has 2 heterocycles. The lowest BCUT2D eigenvalue weighted by molar-refractivity contribution is -0.123. The van der Waals surface area contributed by atoms with Gasteiger partial charge in [-0.05, 0) is 78.8 Å². The summed E-state index contributed by atoms with van der Waals surface area (Å²) in [5.41, 5.74) is -0.507. The second-order valence-corrected chi connectivity index (χ2v) is 17.1. The van der Waals surface area contributed by atoms with Crippen molar-refractivity contribution in [3.8, 4) is 0 Å². The van der Waals surface area contributed by atoms with Gasteiger partial charge in [0.05, 0.1) is 52.9 Å². The molecule has 2 fully saturated rings. The van der Waals surface area contributed by atoms with Crippen LogP contribution in [-0.4, -0.2) is 208 Å². The lowest BCUT2D eigenvalue weighted by Crippen LogP contribution is -2.50. The van der Waals surface area contributed by atoms with Crippen LogP contribution in [0.4, 0.5) is 4.79 Å². The number of nitrogens with one attached hydrogen (secondary N) is 4. The van der Waals surface area contributed by atoms with Gasteiger partial charge in [-0.25, -0.2) is 4.79 Å². The van der Waals surface area contributed by atoms with Gasteiger partial charge in [-0.1, -0.05) is 6.42 Å². The van der Waals surface area contributed by atoms with Crippen molar-refractivity contribution in [1.29, 1.82) is 0 Å². The topological polar surface area (TPSA) is 208 Å². The van der Waals surface area contributed by atoms with Crippen molar-refractivity contribution in [3.63, 3.8) is 0 Å². The highest BCUT2D eigenvalue weighted by molar-refractivity contribution is 5.79. The van der Waals surface area contributed by atoms with Gasteiger partial charge in [0.15, 0.2) is 0 Å². The third-order valence-corrected chi connectivity index (χ3v) is 10.2. The Morgan fingerprint density at radius 3 is 1.09 bits per heavy atom. The molecular formula is C45H85N7O12. The fraction of sp³-hybridized carbons (Fsp3) is 0.889. The van der Waals surface area contributed by atoms with Crippen LogP contribution in [0, 0.1) is 0 Å². The molecule has 0 spiro atoms. The molecule has 0 aromatic carbocycles. The number of hydrogen-bond acceptors (Lipinski definition) is 14. The van der Waals surface area contributed by atoms with E-state index in [2.05, 4.69) is 31.1 Å². The van der Waals surface area contributed by atoms with Gasteiger partial charge in [-0.2, -0.15) is 0 Å². The maximum Gasteiger partial charge on any atom is 0.410 e. The predicted molar refractivity (Wildman–Crippen MR) is 243 cm³/mol. The quantitative estimate of drug-likeness (QED) is 0.0655. The molecule has 4 N–H and O–H groups in total. The Balaban J connectivity index is 1.22. The molecule has 0 atom stereocenters. The molecule has 2 aliphatic heterocycles.